The largest absolute Gasteiger partial charge is 0.507 e. The van der Waals surface area contributed by atoms with E-state index in [9.17, 15) is 14.7 Å². The smallest absolute Gasteiger partial charge is 0.295 e. The van der Waals surface area contributed by atoms with Gasteiger partial charge in [-0.15, -0.1) is 0 Å². The molecule has 134 valence electrons. The molecule has 0 radical (unpaired) electrons. The molecule has 0 saturated carbocycles. The summed E-state index contributed by atoms with van der Waals surface area (Å²) in [6.45, 7) is 4.43. The lowest BCUT2D eigenvalue weighted by Gasteiger charge is -2.26. The zero-order valence-electron chi connectivity index (χ0n) is 14.6. The van der Waals surface area contributed by atoms with Crippen molar-refractivity contribution in [2.75, 3.05) is 6.54 Å². The van der Waals surface area contributed by atoms with Crippen LogP contribution in [0, 0.1) is 5.92 Å². The molecule has 4 nitrogen and oxygen atoms in total. The summed E-state index contributed by atoms with van der Waals surface area (Å²) in [5, 5.41) is 10.8. The number of carbonyl (C=O) groups excluding carboxylic acids is 2. The molecule has 1 N–H and O–H groups in total. The number of ketones is 1. The number of halogens is 1. The third kappa shape index (κ3) is 3.44. The van der Waals surface area contributed by atoms with Crippen LogP contribution >= 0.6 is 15.9 Å². The molecule has 0 bridgehead atoms. The van der Waals surface area contributed by atoms with Crippen LogP contribution in [0.3, 0.4) is 0 Å². The molecule has 2 aromatic carbocycles. The summed E-state index contributed by atoms with van der Waals surface area (Å²) in [4.78, 5) is 27.0. The average Bonchev–Trinajstić information content (AvgIpc) is 2.87. The standard InChI is InChI=1S/C21H20BrNO3/c1-13(2)12-23-18(14-8-10-16(22)11-9-14)17(20(25)21(23)26)19(24)15-6-4-3-5-7-15/h3-11,13,18,24H,12H2,1-2H3/t18-/m0/s1. The van der Waals surface area contributed by atoms with Crippen LogP contribution in [0.15, 0.2) is 64.6 Å². The third-order valence-electron chi connectivity index (χ3n) is 4.33. The Morgan fingerprint density at radius 2 is 1.69 bits per heavy atom. The van der Waals surface area contributed by atoms with Gasteiger partial charge in [-0.05, 0) is 23.6 Å². The summed E-state index contributed by atoms with van der Waals surface area (Å²) >= 11 is 3.41. The fraction of sp³-hybridized carbons (Fsp3) is 0.238. The molecule has 1 saturated heterocycles. The SMILES string of the molecule is CC(C)CN1C(=O)C(=O)C(=C(O)c2ccccc2)[C@@H]1c1ccc(Br)cc1. The predicted molar refractivity (Wildman–Crippen MR) is 104 cm³/mol. The number of aliphatic hydroxyl groups is 1. The van der Waals surface area contributed by atoms with Crippen molar-refractivity contribution in [2.45, 2.75) is 19.9 Å². The van der Waals surface area contributed by atoms with Gasteiger partial charge in [0.25, 0.3) is 11.7 Å². The summed E-state index contributed by atoms with van der Waals surface area (Å²) in [6.07, 6.45) is 0. The van der Waals surface area contributed by atoms with Crippen LogP contribution in [0.4, 0.5) is 0 Å². The fourth-order valence-electron chi connectivity index (χ4n) is 3.20. The number of carbonyl (C=O) groups is 2. The minimum Gasteiger partial charge on any atom is -0.507 e. The maximum absolute atomic E-state index is 12.7. The number of hydrogen-bond donors (Lipinski definition) is 1. The van der Waals surface area contributed by atoms with E-state index < -0.39 is 17.7 Å². The molecule has 1 amide bonds. The van der Waals surface area contributed by atoms with E-state index in [2.05, 4.69) is 15.9 Å². The van der Waals surface area contributed by atoms with Gasteiger partial charge in [0, 0.05) is 16.6 Å². The molecule has 0 unspecified atom stereocenters. The van der Waals surface area contributed by atoms with E-state index in [4.69, 9.17) is 0 Å². The molecule has 2 aromatic rings. The van der Waals surface area contributed by atoms with Gasteiger partial charge in [0.2, 0.25) is 0 Å². The molecular formula is C21H20BrNO3. The summed E-state index contributed by atoms with van der Waals surface area (Å²) in [5.41, 5.74) is 1.46. The number of amides is 1. The molecule has 1 aliphatic rings. The Morgan fingerprint density at radius 1 is 1.08 bits per heavy atom. The summed E-state index contributed by atoms with van der Waals surface area (Å²) in [7, 11) is 0. The number of hydrogen-bond acceptors (Lipinski definition) is 3. The first kappa shape index (κ1) is 18.4. The van der Waals surface area contributed by atoms with Gasteiger partial charge in [0.1, 0.15) is 5.76 Å². The van der Waals surface area contributed by atoms with Gasteiger partial charge < -0.3 is 10.0 Å². The average molecular weight is 414 g/mol. The molecule has 1 atom stereocenters. The zero-order chi connectivity index (χ0) is 18.8. The van der Waals surface area contributed by atoms with Gasteiger partial charge in [-0.25, -0.2) is 0 Å². The highest BCUT2D eigenvalue weighted by atomic mass is 79.9. The minimum atomic E-state index is -0.639. The lowest BCUT2D eigenvalue weighted by Crippen LogP contribution is -2.33. The van der Waals surface area contributed by atoms with Crippen LogP contribution in [0.1, 0.15) is 31.0 Å². The summed E-state index contributed by atoms with van der Waals surface area (Å²) in [5.74, 6) is -1.14. The van der Waals surface area contributed by atoms with E-state index in [0.717, 1.165) is 10.0 Å². The summed E-state index contributed by atoms with van der Waals surface area (Å²) < 4.78 is 0.908. The highest BCUT2D eigenvalue weighted by Crippen LogP contribution is 2.39. The molecule has 5 heteroatoms. The lowest BCUT2D eigenvalue weighted by molar-refractivity contribution is -0.140. The van der Waals surface area contributed by atoms with Gasteiger partial charge in [0.05, 0.1) is 11.6 Å². The van der Waals surface area contributed by atoms with Crippen LogP contribution in [0.2, 0.25) is 0 Å². The van der Waals surface area contributed by atoms with E-state index in [-0.39, 0.29) is 17.3 Å². The lowest BCUT2D eigenvalue weighted by atomic mass is 9.95. The zero-order valence-corrected chi connectivity index (χ0v) is 16.2. The topological polar surface area (TPSA) is 57.6 Å². The van der Waals surface area contributed by atoms with E-state index in [1.54, 1.807) is 29.2 Å². The van der Waals surface area contributed by atoms with Crippen LogP contribution in [-0.2, 0) is 9.59 Å². The Kier molecular flexibility index (Phi) is 5.28. The van der Waals surface area contributed by atoms with E-state index in [0.29, 0.717) is 12.1 Å². The number of Topliss-reactive ketones (excluding diaryl/α,β-unsaturated/α-hetero) is 1. The fourth-order valence-corrected chi connectivity index (χ4v) is 3.47. The number of rotatable bonds is 4. The second-order valence-electron chi connectivity index (χ2n) is 6.76. The number of likely N-dealkylation sites (tertiary alicyclic amines) is 1. The Morgan fingerprint density at radius 3 is 2.27 bits per heavy atom. The molecule has 0 aromatic heterocycles. The second kappa shape index (κ2) is 7.46. The molecule has 1 fully saturated rings. The van der Waals surface area contributed by atoms with Crippen LogP contribution in [0.25, 0.3) is 5.76 Å². The van der Waals surface area contributed by atoms with Gasteiger partial charge in [-0.2, -0.15) is 0 Å². The van der Waals surface area contributed by atoms with Gasteiger partial charge in [-0.3, -0.25) is 9.59 Å². The van der Waals surface area contributed by atoms with Crippen LogP contribution in [0.5, 0.6) is 0 Å². The first-order chi connectivity index (χ1) is 12.4. The third-order valence-corrected chi connectivity index (χ3v) is 4.86. The van der Waals surface area contributed by atoms with Crippen molar-refractivity contribution in [2.24, 2.45) is 5.92 Å². The van der Waals surface area contributed by atoms with Gasteiger partial charge in [-0.1, -0.05) is 72.2 Å². The van der Waals surface area contributed by atoms with Crippen molar-refractivity contribution in [1.29, 1.82) is 0 Å². The Hall–Kier alpha value is -2.40. The molecule has 3 rings (SSSR count). The summed E-state index contributed by atoms with van der Waals surface area (Å²) in [6, 6.07) is 15.7. The second-order valence-corrected chi connectivity index (χ2v) is 7.68. The first-order valence-corrected chi connectivity index (χ1v) is 9.28. The van der Waals surface area contributed by atoms with Crippen molar-refractivity contribution in [1.82, 2.24) is 4.90 Å². The molecule has 1 heterocycles. The van der Waals surface area contributed by atoms with Crippen molar-refractivity contribution in [3.05, 3.63) is 75.8 Å². The predicted octanol–water partition coefficient (Wildman–Crippen LogP) is 4.53. The molecule has 26 heavy (non-hydrogen) atoms. The van der Waals surface area contributed by atoms with E-state index in [1.165, 1.54) is 0 Å². The highest BCUT2D eigenvalue weighted by molar-refractivity contribution is 9.10. The number of benzene rings is 2. The van der Waals surface area contributed by atoms with Crippen LogP contribution < -0.4 is 0 Å². The Labute approximate surface area is 161 Å². The Balaban J connectivity index is 2.18. The minimum absolute atomic E-state index is 0.136. The number of nitrogens with zero attached hydrogens (tertiary/aromatic N) is 1. The maximum Gasteiger partial charge on any atom is 0.295 e. The quantitative estimate of drug-likeness (QED) is 0.455. The molecule has 0 aliphatic carbocycles. The highest BCUT2D eigenvalue weighted by Gasteiger charge is 2.46. The first-order valence-electron chi connectivity index (χ1n) is 8.49. The molecule has 0 spiro atoms. The van der Waals surface area contributed by atoms with Crippen molar-refractivity contribution in [3.8, 4) is 0 Å². The van der Waals surface area contributed by atoms with Crippen molar-refractivity contribution >= 4 is 33.4 Å². The van der Waals surface area contributed by atoms with Gasteiger partial charge in [0.15, 0.2) is 0 Å². The van der Waals surface area contributed by atoms with Gasteiger partial charge >= 0.3 is 0 Å². The maximum atomic E-state index is 12.7. The van der Waals surface area contributed by atoms with Crippen molar-refractivity contribution < 1.29 is 14.7 Å². The van der Waals surface area contributed by atoms with E-state index >= 15 is 0 Å². The number of aliphatic hydroxyl groups excluding tert-OH is 1. The van der Waals surface area contributed by atoms with E-state index in [1.807, 2.05) is 44.2 Å². The molecular weight excluding hydrogens is 394 g/mol. The normalized spacial score (nSPS) is 19.4. The monoisotopic (exact) mass is 413 g/mol. The Bertz CT molecular complexity index is 857. The van der Waals surface area contributed by atoms with Crippen LogP contribution in [-0.4, -0.2) is 28.2 Å². The van der Waals surface area contributed by atoms with Crippen molar-refractivity contribution in [3.63, 3.8) is 0 Å². The molecule has 1 aliphatic heterocycles.